The fraction of sp³-hybridized carbons (Fsp3) is 0.474. The zero-order chi connectivity index (χ0) is 19.0. The highest BCUT2D eigenvalue weighted by Crippen LogP contribution is 2.37. The van der Waals surface area contributed by atoms with Crippen LogP contribution >= 0.6 is 0 Å². The van der Waals surface area contributed by atoms with Gasteiger partial charge >= 0.3 is 0 Å². The van der Waals surface area contributed by atoms with Crippen LogP contribution in [0.4, 0.5) is 4.39 Å². The van der Waals surface area contributed by atoms with Gasteiger partial charge in [-0.05, 0) is 38.0 Å². The third-order valence-corrected chi connectivity index (χ3v) is 9.29. The van der Waals surface area contributed by atoms with Crippen LogP contribution < -0.4 is 5.56 Å². The Hall–Kier alpha value is -1.97. The van der Waals surface area contributed by atoms with Crippen molar-refractivity contribution < 1.29 is 8.82 Å². The number of hydrogen-bond donors (Lipinski definition) is 1. The zero-order valence-corrected chi connectivity index (χ0v) is 16.9. The lowest BCUT2D eigenvalue weighted by atomic mass is 10.1. The summed E-state index contributed by atoms with van der Waals surface area (Å²) >= 11 is 0. The SMILES string of the molecule is CC#Cc1cc(CO[Si](C)(C)C(C)(C)C)c(F)c2[nH]c(=O)c(C)nc12. The average Bonchev–Trinajstić information content (AvgIpc) is 2.50. The van der Waals surface area contributed by atoms with Gasteiger partial charge in [-0.3, -0.25) is 4.79 Å². The lowest BCUT2D eigenvalue weighted by Crippen LogP contribution is -2.40. The Bertz CT molecular complexity index is 931. The normalized spacial score (nSPS) is 12.2. The van der Waals surface area contributed by atoms with E-state index in [0.29, 0.717) is 16.6 Å². The summed E-state index contributed by atoms with van der Waals surface area (Å²) in [6.45, 7) is 14.1. The first kappa shape index (κ1) is 19.4. The van der Waals surface area contributed by atoms with Crippen LogP contribution in [0.3, 0.4) is 0 Å². The predicted octanol–water partition coefficient (Wildman–Crippen LogP) is 4.26. The van der Waals surface area contributed by atoms with Crippen LogP contribution in [0.15, 0.2) is 10.9 Å². The van der Waals surface area contributed by atoms with Crippen molar-refractivity contribution in [2.24, 2.45) is 0 Å². The summed E-state index contributed by atoms with van der Waals surface area (Å²) in [6, 6.07) is 1.67. The smallest absolute Gasteiger partial charge is 0.269 e. The van der Waals surface area contributed by atoms with Gasteiger partial charge in [-0.15, -0.1) is 5.92 Å². The molecule has 0 spiro atoms. The van der Waals surface area contributed by atoms with E-state index in [4.69, 9.17) is 4.43 Å². The summed E-state index contributed by atoms with van der Waals surface area (Å²) in [6.07, 6.45) is 0. The van der Waals surface area contributed by atoms with Crippen LogP contribution in [0.1, 0.15) is 44.5 Å². The maximum atomic E-state index is 15.0. The van der Waals surface area contributed by atoms with Crippen molar-refractivity contribution >= 4 is 19.4 Å². The van der Waals surface area contributed by atoms with Crippen LogP contribution in [0.5, 0.6) is 0 Å². The van der Waals surface area contributed by atoms with Gasteiger partial charge in [-0.1, -0.05) is 26.7 Å². The van der Waals surface area contributed by atoms with E-state index < -0.39 is 19.7 Å². The summed E-state index contributed by atoms with van der Waals surface area (Å²) < 4.78 is 21.1. The first-order valence-electron chi connectivity index (χ1n) is 8.26. The summed E-state index contributed by atoms with van der Waals surface area (Å²) in [5.41, 5.74) is 1.33. The molecule has 0 radical (unpaired) electrons. The van der Waals surface area contributed by atoms with E-state index >= 15 is 0 Å². The van der Waals surface area contributed by atoms with Crippen molar-refractivity contribution in [1.82, 2.24) is 9.97 Å². The maximum Gasteiger partial charge on any atom is 0.269 e. The molecule has 4 nitrogen and oxygen atoms in total. The molecule has 1 aromatic heterocycles. The minimum Gasteiger partial charge on any atom is -0.412 e. The van der Waals surface area contributed by atoms with Crippen molar-refractivity contribution in [3.63, 3.8) is 0 Å². The second kappa shape index (κ2) is 6.73. The number of hydrogen-bond acceptors (Lipinski definition) is 3. The number of aromatic amines is 1. The highest BCUT2D eigenvalue weighted by Gasteiger charge is 2.37. The van der Waals surface area contributed by atoms with E-state index in [-0.39, 0.29) is 22.9 Å². The molecule has 0 saturated heterocycles. The van der Waals surface area contributed by atoms with E-state index in [9.17, 15) is 9.18 Å². The number of aryl methyl sites for hydroxylation is 1. The van der Waals surface area contributed by atoms with Crippen LogP contribution in [0.25, 0.3) is 11.0 Å². The van der Waals surface area contributed by atoms with Crippen molar-refractivity contribution in [2.75, 3.05) is 0 Å². The number of nitrogens with one attached hydrogen (secondary N) is 1. The number of halogens is 1. The van der Waals surface area contributed by atoms with E-state index in [1.165, 1.54) is 0 Å². The third-order valence-electron chi connectivity index (χ3n) is 4.81. The molecule has 0 bridgehead atoms. The van der Waals surface area contributed by atoms with Gasteiger partial charge in [0, 0.05) is 5.56 Å². The number of rotatable bonds is 3. The minimum absolute atomic E-state index is 0.0271. The van der Waals surface area contributed by atoms with Crippen molar-refractivity contribution in [3.05, 3.63) is 39.1 Å². The largest absolute Gasteiger partial charge is 0.412 e. The summed E-state index contributed by atoms with van der Waals surface area (Å²) in [5.74, 6) is 5.26. The van der Waals surface area contributed by atoms with E-state index in [1.54, 1.807) is 19.9 Å². The van der Waals surface area contributed by atoms with Crippen molar-refractivity contribution in [1.29, 1.82) is 0 Å². The van der Waals surface area contributed by atoms with Gasteiger partial charge < -0.3 is 9.41 Å². The number of benzene rings is 1. The van der Waals surface area contributed by atoms with Gasteiger partial charge in [0.1, 0.15) is 16.7 Å². The van der Waals surface area contributed by atoms with Crippen LogP contribution in [0.2, 0.25) is 18.1 Å². The van der Waals surface area contributed by atoms with Gasteiger partial charge in [0.15, 0.2) is 14.1 Å². The molecule has 134 valence electrons. The Labute approximate surface area is 149 Å². The lowest BCUT2D eigenvalue weighted by Gasteiger charge is -2.36. The van der Waals surface area contributed by atoms with Crippen LogP contribution in [-0.2, 0) is 11.0 Å². The summed E-state index contributed by atoms with van der Waals surface area (Å²) in [4.78, 5) is 18.7. The second-order valence-electron chi connectivity index (χ2n) is 7.70. The van der Waals surface area contributed by atoms with Gasteiger partial charge in [-0.2, -0.15) is 0 Å². The maximum absolute atomic E-state index is 15.0. The topological polar surface area (TPSA) is 55.0 Å². The first-order valence-corrected chi connectivity index (χ1v) is 11.2. The van der Waals surface area contributed by atoms with E-state index in [2.05, 4.69) is 55.7 Å². The predicted molar refractivity (Wildman–Crippen MR) is 102 cm³/mol. The van der Waals surface area contributed by atoms with Crippen LogP contribution in [-0.4, -0.2) is 18.3 Å². The molecule has 2 rings (SSSR count). The molecule has 0 unspecified atom stereocenters. The van der Waals surface area contributed by atoms with Gasteiger partial charge in [0.2, 0.25) is 0 Å². The van der Waals surface area contributed by atoms with Gasteiger partial charge in [0.25, 0.3) is 5.56 Å². The quantitative estimate of drug-likeness (QED) is 0.657. The molecule has 1 heterocycles. The van der Waals surface area contributed by atoms with E-state index in [0.717, 1.165) is 0 Å². The molecular formula is C19H25FN2O2Si. The Balaban J connectivity index is 2.58. The van der Waals surface area contributed by atoms with Gasteiger partial charge in [-0.25, -0.2) is 9.37 Å². The Kier molecular flexibility index (Phi) is 5.21. The molecule has 0 aliphatic rings. The van der Waals surface area contributed by atoms with Gasteiger partial charge in [0.05, 0.1) is 12.2 Å². The molecule has 0 amide bonds. The molecule has 1 aromatic carbocycles. The molecule has 0 atom stereocenters. The van der Waals surface area contributed by atoms with Crippen molar-refractivity contribution in [2.45, 2.75) is 59.4 Å². The average molecular weight is 361 g/mol. The van der Waals surface area contributed by atoms with E-state index in [1.807, 2.05) is 0 Å². The summed E-state index contributed by atoms with van der Waals surface area (Å²) in [7, 11) is -2.02. The zero-order valence-electron chi connectivity index (χ0n) is 15.9. The number of fused-ring (bicyclic) bond motifs is 1. The standard InChI is InChI=1S/C19H25FN2O2Si/c1-8-9-13-10-14(11-24-25(6,7)19(3,4)5)15(20)17-16(13)21-12(2)18(23)22-17/h10H,11H2,1-7H3,(H,22,23). The molecule has 0 fully saturated rings. The minimum atomic E-state index is -2.02. The Morgan fingerprint density at radius 1 is 1.36 bits per heavy atom. The molecule has 1 N–H and O–H groups in total. The molecule has 0 saturated carbocycles. The monoisotopic (exact) mass is 360 g/mol. The number of nitrogens with zero attached hydrogens (tertiary/aromatic N) is 1. The fourth-order valence-corrected chi connectivity index (χ4v) is 3.12. The lowest BCUT2D eigenvalue weighted by molar-refractivity contribution is 0.271. The molecular weight excluding hydrogens is 335 g/mol. The highest BCUT2D eigenvalue weighted by atomic mass is 28.4. The Morgan fingerprint density at radius 2 is 2.00 bits per heavy atom. The van der Waals surface area contributed by atoms with Crippen molar-refractivity contribution in [3.8, 4) is 11.8 Å². The highest BCUT2D eigenvalue weighted by molar-refractivity contribution is 6.74. The molecule has 25 heavy (non-hydrogen) atoms. The Morgan fingerprint density at radius 3 is 2.56 bits per heavy atom. The molecule has 6 heteroatoms. The van der Waals surface area contributed by atoms with Crippen LogP contribution in [0, 0.1) is 24.6 Å². The molecule has 0 aliphatic carbocycles. The fourth-order valence-electron chi connectivity index (χ4n) is 2.17. The number of H-pyrrole nitrogens is 1. The molecule has 2 aromatic rings. The number of aromatic nitrogens is 2. The summed E-state index contributed by atoms with van der Waals surface area (Å²) in [5, 5.41) is 0.0271. The molecule has 0 aliphatic heterocycles. The third kappa shape index (κ3) is 3.83. The first-order chi connectivity index (χ1) is 11.5. The second-order valence-corrected chi connectivity index (χ2v) is 12.5.